The van der Waals surface area contributed by atoms with Crippen LogP contribution in [0.15, 0.2) is 102 Å². The normalized spacial score (nSPS) is 12.2. The van der Waals surface area contributed by atoms with Gasteiger partial charge in [0.1, 0.15) is 11.4 Å². The molecule has 4 aromatic carbocycles. The summed E-state index contributed by atoms with van der Waals surface area (Å²) in [7, 11) is 4.52. The summed E-state index contributed by atoms with van der Waals surface area (Å²) in [6, 6.07) is 27.1. The molecule has 0 spiro atoms. The second kappa shape index (κ2) is 14.5. The van der Waals surface area contributed by atoms with Gasteiger partial charge in [-0.1, -0.05) is 36.4 Å². The van der Waals surface area contributed by atoms with E-state index < -0.39 is 11.8 Å². The van der Waals surface area contributed by atoms with Crippen molar-refractivity contribution in [3.8, 4) is 17.2 Å². The first kappa shape index (κ1) is 31.2. The molecule has 5 rings (SSSR count). The molecule has 1 aliphatic rings. The molecular formula is C35H33N3O6S. The van der Waals surface area contributed by atoms with Crippen molar-refractivity contribution in [2.45, 2.75) is 11.3 Å². The van der Waals surface area contributed by atoms with Crippen LogP contribution in [0.5, 0.6) is 17.2 Å². The van der Waals surface area contributed by atoms with E-state index in [1.165, 1.54) is 44.7 Å². The Hall–Kier alpha value is -5.22. The fourth-order valence-electron chi connectivity index (χ4n) is 4.92. The zero-order valence-corrected chi connectivity index (χ0v) is 26.0. The van der Waals surface area contributed by atoms with E-state index in [0.717, 1.165) is 17.0 Å². The summed E-state index contributed by atoms with van der Waals surface area (Å²) in [5.74, 6) is 0.658. The van der Waals surface area contributed by atoms with Gasteiger partial charge in [-0.25, -0.2) is 0 Å². The highest BCUT2D eigenvalue weighted by atomic mass is 32.2. The van der Waals surface area contributed by atoms with Crippen LogP contribution < -0.4 is 29.7 Å². The number of thioether (sulfide) groups is 1. The van der Waals surface area contributed by atoms with Crippen LogP contribution in [0.1, 0.15) is 21.5 Å². The molecule has 0 saturated carbocycles. The Morgan fingerprint density at radius 3 is 2.20 bits per heavy atom. The number of methoxy groups -OCH3 is 3. The van der Waals surface area contributed by atoms with Crippen LogP contribution in [0.25, 0.3) is 6.08 Å². The lowest BCUT2D eigenvalue weighted by molar-refractivity contribution is -0.116. The van der Waals surface area contributed by atoms with Gasteiger partial charge >= 0.3 is 0 Å². The molecule has 0 aliphatic carbocycles. The van der Waals surface area contributed by atoms with Crippen molar-refractivity contribution >= 4 is 46.9 Å². The van der Waals surface area contributed by atoms with E-state index in [1.807, 2.05) is 35.2 Å². The SMILES string of the molecule is COc1cc(OC)c(OC)cc1/C=C(\NC(=O)c1ccccc1)C(=O)Nc1ccc(SCC(=O)N2CCc3ccccc32)cc1. The molecule has 0 bridgehead atoms. The van der Waals surface area contributed by atoms with E-state index in [0.29, 0.717) is 46.4 Å². The Morgan fingerprint density at radius 2 is 1.49 bits per heavy atom. The third-order valence-electron chi connectivity index (χ3n) is 7.23. The van der Waals surface area contributed by atoms with Gasteiger partial charge in [-0.3, -0.25) is 14.4 Å². The molecule has 45 heavy (non-hydrogen) atoms. The van der Waals surface area contributed by atoms with Gasteiger partial charge in [0.15, 0.2) is 11.5 Å². The first-order chi connectivity index (χ1) is 21.9. The minimum Gasteiger partial charge on any atom is -0.496 e. The summed E-state index contributed by atoms with van der Waals surface area (Å²) in [5, 5.41) is 5.59. The van der Waals surface area contributed by atoms with Gasteiger partial charge < -0.3 is 29.7 Å². The molecule has 0 aromatic heterocycles. The van der Waals surface area contributed by atoms with Crippen molar-refractivity contribution < 1.29 is 28.6 Å². The summed E-state index contributed by atoms with van der Waals surface area (Å²) < 4.78 is 16.3. The van der Waals surface area contributed by atoms with Crippen LogP contribution in [0.4, 0.5) is 11.4 Å². The highest BCUT2D eigenvalue weighted by Gasteiger charge is 2.24. The fraction of sp³-hybridized carbons (Fsp3) is 0.171. The van der Waals surface area contributed by atoms with Gasteiger partial charge in [-0.05, 0) is 66.6 Å². The van der Waals surface area contributed by atoms with E-state index in [1.54, 1.807) is 54.6 Å². The topological polar surface area (TPSA) is 106 Å². The third-order valence-corrected chi connectivity index (χ3v) is 8.22. The number of nitrogens with zero attached hydrogens (tertiary/aromatic N) is 1. The number of fused-ring (bicyclic) bond motifs is 1. The van der Waals surface area contributed by atoms with E-state index in [9.17, 15) is 14.4 Å². The highest BCUT2D eigenvalue weighted by Crippen LogP contribution is 2.36. The number of rotatable bonds is 11. The van der Waals surface area contributed by atoms with Gasteiger partial charge in [0.25, 0.3) is 11.8 Å². The summed E-state index contributed by atoms with van der Waals surface area (Å²) >= 11 is 1.43. The number of para-hydroxylation sites is 1. The molecule has 2 N–H and O–H groups in total. The van der Waals surface area contributed by atoms with E-state index in [-0.39, 0.29) is 11.6 Å². The molecule has 0 atom stereocenters. The molecule has 9 nitrogen and oxygen atoms in total. The Balaban J connectivity index is 1.31. The molecule has 1 aliphatic heterocycles. The minimum absolute atomic E-state index is 0.00989. The quantitative estimate of drug-likeness (QED) is 0.161. The Bertz CT molecular complexity index is 1720. The Kier molecular flexibility index (Phi) is 10.1. The van der Waals surface area contributed by atoms with Crippen molar-refractivity contribution in [1.29, 1.82) is 0 Å². The number of carbonyl (C=O) groups excluding carboxylic acids is 3. The zero-order chi connectivity index (χ0) is 31.8. The van der Waals surface area contributed by atoms with Crippen LogP contribution in [-0.4, -0.2) is 51.3 Å². The summed E-state index contributed by atoms with van der Waals surface area (Å²) in [5.41, 5.74) is 3.56. The fourth-order valence-corrected chi connectivity index (χ4v) is 5.69. The predicted molar refractivity (Wildman–Crippen MR) is 176 cm³/mol. The van der Waals surface area contributed by atoms with E-state index >= 15 is 0 Å². The minimum atomic E-state index is -0.542. The Labute approximate surface area is 266 Å². The van der Waals surface area contributed by atoms with Gasteiger partial charge in [0.05, 0.1) is 27.1 Å². The lowest BCUT2D eigenvalue weighted by Crippen LogP contribution is -2.30. The molecule has 4 aromatic rings. The molecule has 230 valence electrons. The summed E-state index contributed by atoms with van der Waals surface area (Å²) in [4.78, 5) is 42.3. The van der Waals surface area contributed by atoms with Crippen LogP contribution in [0.3, 0.4) is 0 Å². The van der Waals surface area contributed by atoms with Crippen molar-refractivity contribution in [3.05, 3.63) is 113 Å². The maximum atomic E-state index is 13.6. The number of hydrogen-bond donors (Lipinski definition) is 2. The zero-order valence-electron chi connectivity index (χ0n) is 25.2. The number of ether oxygens (including phenoxy) is 3. The summed E-state index contributed by atoms with van der Waals surface area (Å²) in [6.45, 7) is 0.690. The largest absolute Gasteiger partial charge is 0.496 e. The smallest absolute Gasteiger partial charge is 0.272 e. The molecule has 0 radical (unpaired) electrons. The maximum Gasteiger partial charge on any atom is 0.272 e. The Morgan fingerprint density at radius 1 is 0.822 bits per heavy atom. The van der Waals surface area contributed by atoms with E-state index in [4.69, 9.17) is 14.2 Å². The molecule has 10 heteroatoms. The van der Waals surface area contributed by atoms with Gasteiger partial charge in [-0.15, -0.1) is 11.8 Å². The standard InChI is InChI=1S/C35H33N3O6S/c1-42-30-21-32(44-3)31(43-2)20-25(30)19-28(37-34(40)24-10-5-4-6-11-24)35(41)36-26-13-15-27(16-14-26)45-22-33(39)38-18-17-23-9-7-8-12-29(23)38/h4-16,19-21H,17-18,22H2,1-3H3,(H,36,41)(H,37,40)/b28-19-. The second-order valence-corrected chi connectivity index (χ2v) is 11.1. The van der Waals surface area contributed by atoms with Crippen LogP contribution in [0.2, 0.25) is 0 Å². The second-order valence-electron chi connectivity index (χ2n) is 10.0. The number of amides is 3. The lowest BCUT2D eigenvalue weighted by atomic mass is 10.1. The first-order valence-corrected chi connectivity index (χ1v) is 15.2. The molecular weight excluding hydrogens is 590 g/mol. The number of hydrogen-bond acceptors (Lipinski definition) is 7. The monoisotopic (exact) mass is 623 g/mol. The average Bonchev–Trinajstić information content (AvgIpc) is 3.52. The number of anilines is 2. The maximum absolute atomic E-state index is 13.6. The molecule has 3 amide bonds. The highest BCUT2D eigenvalue weighted by molar-refractivity contribution is 8.00. The van der Waals surface area contributed by atoms with Crippen molar-refractivity contribution in [2.75, 3.05) is 43.8 Å². The average molecular weight is 624 g/mol. The molecule has 0 fully saturated rings. The van der Waals surface area contributed by atoms with E-state index in [2.05, 4.69) is 16.7 Å². The van der Waals surface area contributed by atoms with Crippen molar-refractivity contribution in [2.24, 2.45) is 0 Å². The number of carbonyl (C=O) groups is 3. The van der Waals surface area contributed by atoms with Gasteiger partial charge in [-0.2, -0.15) is 0 Å². The van der Waals surface area contributed by atoms with Gasteiger partial charge in [0, 0.05) is 40.0 Å². The predicted octanol–water partition coefficient (Wildman–Crippen LogP) is 5.80. The first-order valence-electron chi connectivity index (χ1n) is 14.2. The third kappa shape index (κ3) is 7.47. The van der Waals surface area contributed by atoms with Crippen LogP contribution in [0, 0.1) is 0 Å². The molecule has 1 heterocycles. The lowest BCUT2D eigenvalue weighted by Gasteiger charge is -2.17. The molecule has 0 saturated heterocycles. The van der Waals surface area contributed by atoms with Crippen molar-refractivity contribution in [3.63, 3.8) is 0 Å². The van der Waals surface area contributed by atoms with Crippen LogP contribution in [-0.2, 0) is 16.0 Å². The number of benzene rings is 4. The summed E-state index contributed by atoms with van der Waals surface area (Å²) in [6.07, 6.45) is 2.38. The molecule has 0 unspecified atom stereocenters. The van der Waals surface area contributed by atoms with Gasteiger partial charge in [0.2, 0.25) is 5.91 Å². The van der Waals surface area contributed by atoms with Crippen molar-refractivity contribution in [1.82, 2.24) is 5.32 Å². The number of nitrogens with one attached hydrogen (secondary N) is 2. The van der Waals surface area contributed by atoms with Crippen LogP contribution >= 0.6 is 11.8 Å².